The molecule has 4 rings (SSSR count). The lowest BCUT2D eigenvalue weighted by molar-refractivity contribution is 0.808. The molecule has 98 valence electrons. The van der Waals surface area contributed by atoms with Crippen LogP contribution in [0, 0.1) is 0 Å². The monoisotopic (exact) mass is 260 g/mol. The first kappa shape index (κ1) is 11.5. The molecule has 0 saturated carbocycles. The lowest BCUT2D eigenvalue weighted by Crippen LogP contribution is -2.16. The van der Waals surface area contributed by atoms with Gasteiger partial charge in [0.2, 0.25) is 0 Å². The molecule has 0 bridgehead atoms. The first-order chi connectivity index (χ1) is 9.84. The Labute approximate surface area is 119 Å². The van der Waals surface area contributed by atoms with Gasteiger partial charge >= 0.3 is 0 Å². The standard InChI is InChI=1S/C18H16N2/c1-13-9-10-15-14-6-2-3-7-16(14)20(17(15)12-13)18-8-4-5-11-19-18/h2-9,11-12,15H,10H2,1H3. The third-order valence-corrected chi connectivity index (χ3v) is 4.10. The minimum absolute atomic E-state index is 0.469. The summed E-state index contributed by atoms with van der Waals surface area (Å²) in [6, 6.07) is 14.8. The Bertz CT molecular complexity index is 713. The van der Waals surface area contributed by atoms with Crippen molar-refractivity contribution in [2.75, 3.05) is 4.90 Å². The number of anilines is 2. The summed E-state index contributed by atoms with van der Waals surface area (Å²) < 4.78 is 0. The Morgan fingerprint density at radius 1 is 1.10 bits per heavy atom. The highest BCUT2D eigenvalue weighted by Gasteiger charge is 2.35. The first-order valence-electron chi connectivity index (χ1n) is 7.03. The van der Waals surface area contributed by atoms with Crippen molar-refractivity contribution in [1.82, 2.24) is 4.98 Å². The highest BCUT2D eigenvalue weighted by Crippen LogP contribution is 2.50. The summed E-state index contributed by atoms with van der Waals surface area (Å²) >= 11 is 0. The van der Waals surface area contributed by atoms with Crippen molar-refractivity contribution < 1.29 is 0 Å². The number of para-hydroxylation sites is 1. The molecule has 1 unspecified atom stereocenters. The van der Waals surface area contributed by atoms with Crippen LogP contribution in [0.15, 0.2) is 72.1 Å². The van der Waals surface area contributed by atoms with E-state index in [1.165, 1.54) is 22.5 Å². The van der Waals surface area contributed by atoms with Crippen LogP contribution in [0.1, 0.15) is 24.8 Å². The minimum Gasteiger partial charge on any atom is -0.298 e. The average molecular weight is 260 g/mol. The van der Waals surface area contributed by atoms with Gasteiger partial charge in [-0.15, -0.1) is 0 Å². The van der Waals surface area contributed by atoms with Gasteiger partial charge in [-0.25, -0.2) is 4.98 Å². The van der Waals surface area contributed by atoms with Gasteiger partial charge in [-0.05, 0) is 43.2 Å². The lowest BCUT2D eigenvalue weighted by atomic mass is 9.90. The molecule has 0 amide bonds. The maximum atomic E-state index is 4.54. The quantitative estimate of drug-likeness (QED) is 0.747. The fourth-order valence-corrected chi connectivity index (χ4v) is 3.19. The van der Waals surface area contributed by atoms with Crippen molar-refractivity contribution in [1.29, 1.82) is 0 Å². The van der Waals surface area contributed by atoms with Crippen molar-refractivity contribution >= 4 is 11.5 Å². The molecule has 2 aliphatic rings. The van der Waals surface area contributed by atoms with E-state index >= 15 is 0 Å². The molecule has 2 aromatic rings. The van der Waals surface area contributed by atoms with Crippen LogP contribution in [0.5, 0.6) is 0 Å². The molecule has 2 heteroatoms. The van der Waals surface area contributed by atoms with Gasteiger partial charge in [-0.1, -0.05) is 35.9 Å². The van der Waals surface area contributed by atoms with Gasteiger partial charge in [0.25, 0.3) is 0 Å². The van der Waals surface area contributed by atoms with Gasteiger partial charge in [0.15, 0.2) is 0 Å². The Kier molecular flexibility index (Phi) is 2.49. The molecule has 2 heterocycles. The number of hydrogen-bond acceptors (Lipinski definition) is 2. The number of hydrogen-bond donors (Lipinski definition) is 0. The molecule has 0 N–H and O–H groups in total. The molecule has 1 aliphatic carbocycles. The van der Waals surface area contributed by atoms with Crippen LogP contribution in [0.3, 0.4) is 0 Å². The van der Waals surface area contributed by atoms with E-state index in [4.69, 9.17) is 0 Å². The SMILES string of the molecule is CC1=CCC2C(=C1)N(c1ccccn1)c1ccccc12. The van der Waals surface area contributed by atoms with Crippen LogP contribution in [-0.4, -0.2) is 4.98 Å². The van der Waals surface area contributed by atoms with E-state index in [1.807, 2.05) is 18.3 Å². The maximum absolute atomic E-state index is 4.54. The number of fused-ring (bicyclic) bond motifs is 3. The summed E-state index contributed by atoms with van der Waals surface area (Å²) in [7, 11) is 0. The summed E-state index contributed by atoms with van der Waals surface area (Å²) in [6.07, 6.45) is 7.56. The van der Waals surface area contributed by atoms with E-state index in [1.54, 1.807) is 0 Å². The van der Waals surface area contributed by atoms with Crippen LogP contribution < -0.4 is 4.90 Å². The van der Waals surface area contributed by atoms with Crippen LogP contribution in [0.4, 0.5) is 11.5 Å². The molecular weight excluding hydrogens is 244 g/mol. The van der Waals surface area contributed by atoms with E-state index in [9.17, 15) is 0 Å². The van der Waals surface area contributed by atoms with E-state index in [-0.39, 0.29) is 0 Å². The van der Waals surface area contributed by atoms with Crippen LogP contribution >= 0.6 is 0 Å². The molecule has 2 nitrogen and oxygen atoms in total. The predicted octanol–water partition coefficient (Wildman–Crippen LogP) is 4.55. The number of nitrogens with zero attached hydrogens (tertiary/aromatic N) is 2. The highest BCUT2D eigenvalue weighted by molar-refractivity contribution is 5.77. The van der Waals surface area contributed by atoms with E-state index < -0.39 is 0 Å². The second-order valence-corrected chi connectivity index (χ2v) is 5.39. The van der Waals surface area contributed by atoms with Crippen molar-refractivity contribution in [3.63, 3.8) is 0 Å². The zero-order valence-corrected chi connectivity index (χ0v) is 11.5. The molecule has 1 aromatic carbocycles. The van der Waals surface area contributed by atoms with Gasteiger partial charge in [0.05, 0.1) is 5.69 Å². The Balaban J connectivity index is 1.93. The fourth-order valence-electron chi connectivity index (χ4n) is 3.19. The average Bonchev–Trinajstić information content (AvgIpc) is 2.81. The van der Waals surface area contributed by atoms with Crippen LogP contribution in [0.2, 0.25) is 0 Å². The summed E-state index contributed by atoms with van der Waals surface area (Å²) in [5, 5.41) is 0. The topological polar surface area (TPSA) is 16.1 Å². The predicted molar refractivity (Wildman–Crippen MR) is 82.0 cm³/mol. The summed E-state index contributed by atoms with van der Waals surface area (Å²) in [5.74, 6) is 1.47. The van der Waals surface area contributed by atoms with Crippen molar-refractivity contribution in [2.45, 2.75) is 19.3 Å². The van der Waals surface area contributed by atoms with E-state index in [2.05, 4.69) is 59.3 Å². The number of rotatable bonds is 1. The van der Waals surface area contributed by atoms with Gasteiger partial charge in [0.1, 0.15) is 5.82 Å². The van der Waals surface area contributed by atoms with Crippen LogP contribution in [-0.2, 0) is 0 Å². The molecule has 0 fully saturated rings. The lowest BCUT2D eigenvalue weighted by Gasteiger charge is -2.24. The Morgan fingerprint density at radius 2 is 1.95 bits per heavy atom. The van der Waals surface area contributed by atoms with Gasteiger partial charge in [0, 0.05) is 17.8 Å². The number of aromatic nitrogens is 1. The van der Waals surface area contributed by atoms with Crippen LogP contribution in [0.25, 0.3) is 0 Å². The zero-order chi connectivity index (χ0) is 13.5. The van der Waals surface area contributed by atoms with Crippen molar-refractivity contribution in [3.05, 3.63) is 77.6 Å². The summed E-state index contributed by atoms with van der Waals surface area (Å²) in [6.45, 7) is 2.17. The molecule has 0 saturated heterocycles. The van der Waals surface area contributed by atoms with Gasteiger partial charge < -0.3 is 0 Å². The van der Waals surface area contributed by atoms with Gasteiger partial charge in [-0.3, -0.25) is 4.90 Å². The third-order valence-electron chi connectivity index (χ3n) is 4.10. The molecule has 0 radical (unpaired) electrons. The summed E-state index contributed by atoms with van der Waals surface area (Å²) in [5.41, 5.74) is 5.37. The normalized spacial score (nSPS) is 20.1. The maximum Gasteiger partial charge on any atom is 0.137 e. The third kappa shape index (κ3) is 1.61. The highest BCUT2D eigenvalue weighted by atomic mass is 15.2. The number of allylic oxidation sites excluding steroid dienone is 4. The van der Waals surface area contributed by atoms with E-state index in [0.717, 1.165) is 12.2 Å². The second kappa shape index (κ2) is 4.34. The Hall–Kier alpha value is -2.35. The summed E-state index contributed by atoms with van der Waals surface area (Å²) in [4.78, 5) is 6.84. The molecule has 0 spiro atoms. The largest absolute Gasteiger partial charge is 0.298 e. The minimum atomic E-state index is 0.469. The zero-order valence-electron chi connectivity index (χ0n) is 11.5. The molecule has 1 aromatic heterocycles. The van der Waals surface area contributed by atoms with Crippen molar-refractivity contribution in [2.24, 2.45) is 0 Å². The fraction of sp³-hybridized carbons (Fsp3) is 0.167. The van der Waals surface area contributed by atoms with Crippen molar-refractivity contribution in [3.8, 4) is 0 Å². The molecule has 1 atom stereocenters. The number of pyridine rings is 1. The Morgan fingerprint density at radius 3 is 2.80 bits per heavy atom. The molecule has 1 aliphatic heterocycles. The number of benzene rings is 1. The molecular formula is C18H16N2. The second-order valence-electron chi connectivity index (χ2n) is 5.39. The smallest absolute Gasteiger partial charge is 0.137 e. The van der Waals surface area contributed by atoms with E-state index in [0.29, 0.717) is 5.92 Å². The molecule has 20 heavy (non-hydrogen) atoms. The first-order valence-corrected chi connectivity index (χ1v) is 7.03. The van der Waals surface area contributed by atoms with Gasteiger partial charge in [-0.2, -0.15) is 0 Å².